The van der Waals surface area contributed by atoms with Crippen LogP contribution in [0.5, 0.6) is 0 Å². The van der Waals surface area contributed by atoms with E-state index in [1.54, 1.807) is 0 Å². The van der Waals surface area contributed by atoms with Crippen molar-refractivity contribution >= 4 is 0 Å². The van der Waals surface area contributed by atoms with E-state index in [4.69, 9.17) is 10.2 Å². The molecule has 60 valence electrons. The number of aryl methyl sites for hydroxylation is 1. The first-order valence-corrected chi connectivity index (χ1v) is 4.03. The molecule has 0 fully saturated rings. The molecular formula is C9H13NO. The maximum absolute atomic E-state index is 5.94. The van der Waals surface area contributed by atoms with Gasteiger partial charge in [-0.05, 0) is 18.9 Å². The van der Waals surface area contributed by atoms with Gasteiger partial charge in [0, 0.05) is 18.0 Å². The van der Waals surface area contributed by atoms with Crippen molar-refractivity contribution in [3.05, 3.63) is 23.2 Å². The van der Waals surface area contributed by atoms with E-state index >= 15 is 0 Å². The first-order valence-electron chi connectivity index (χ1n) is 4.03. The van der Waals surface area contributed by atoms with Gasteiger partial charge in [-0.3, -0.25) is 0 Å². The number of furan rings is 1. The Morgan fingerprint density at radius 3 is 3.00 bits per heavy atom. The summed E-state index contributed by atoms with van der Waals surface area (Å²) in [7, 11) is 0. The van der Waals surface area contributed by atoms with E-state index in [2.05, 4.69) is 13.0 Å². The molecule has 2 N–H and O–H groups in total. The highest BCUT2D eigenvalue weighted by molar-refractivity contribution is 5.30. The molecule has 1 aromatic rings. The van der Waals surface area contributed by atoms with Crippen LogP contribution in [0, 0.1) is 12.8 Å². The van der Waals surface area contributed by atoms with Gasteiger partial charge < -0.3 is 10.2 Å². The minimum Gasteiger partial charge on any atom is -0.466 e. The molecule has 2 heteroatoms. The molecule has 0 radical (unpaired) electrons. The highest BCUT2D eigenvalue weighted by Crippen LogP contribution is 2.35. The monoisotopic (exact) mass is 151 g/mol. The smallest absolute Gasteiger partial charge is 0.109 e. The van der Waals surface area contributed by atoms with Crippen molar-refractivity contribution < 1.29 is 4.42 Å². The van der Waals surface area contributed by atoms with Crippen molar-refractivity contribution in [2.24, 2.45) is 11.7 Å². The Morgan fingerprint density at radius 1 is 1.64 bits per heavy atom. The van der Waals surface area contributed by atoms with Crippen LogP contribution in [0.15, 0.2) is 10.5 Å². The number of hydrogen-bond acceptors (Lipinski definition) is 2. The van der Waals surface area contributed by atoms with Gasteiger partial charge >= 0.3 is 0 Å². The maximum atomic E-state index is 5.94. The van der Waals surface area contributed by atoms with Crippen LogP contribution < -0.4 is 5.73 Å². The van der Waals surface area contributed by atoms with Gasteiger partial charge in [-0.25, -0.2) is 0 Å². The lowest BCUT2D eigenvalue weighted by atomic mass is 10.0. The molecule has 2 rings (SSSR count). The summed E-state index contributed by atoms with van der Waals surface area (Å²) in [5.41, 5.74) is 7.16. The molecule has 1 heterocycles. The first-order chi connectivity index (χ1) is 5.18. The van der Waals surface area contributed by atoms with Gasteiger partial charge in [0.15, 0.2) is 0 Å². The molecule has 0 spiro atoms. The minimum absolute atomic E-state index is 0.197. The zero-order chi connectivity index (χ0) is 8.01. The maximum Gasteiger partial charge on any atom is 0.109 e. The van der Waals surface area contributed by atoms with E-state index in [0.717, 1.165) is 17.9 Å². The number of fused-ring (bicyclic) bond motifs is 1. The van der Waals surface area contributed by atoms with Gasteiger partial charge in [-0.2, -0.15) is 0 Å². The molecule has 0 saturated heterocycles. The van der Waals surface area contributed by atoms with Gasteiger partial charge in [-0.1, -0.05) is 6.92 Å². The normalized spacial score (nSPS) is 29.0. The lowest BCUT2D eigenvalue weighted by Crippen LogP contribution is -2.13. The molecule has 2 nitrogen and oxygen atoms in total. The van der Waals surface area contributed by atoms with Crippen LogP contribution in [-0.4, -0.2) is 0 Å². The predicted molar refractivity (Wildman–Crippen MR) is 43.2 cm³/mol. The zero-order valence-corrected chi connectivity index (χ0v) is 6.92. The predicted octanol–water partition coefficient (Wildman–Crippen LogP) is 1.78. The standard InChI is InChI=1S/C9H13NO/c1-5-3-8-7(9(5)10)4-6(2)11-8/h4-5,9H,3,10H2,1-2H3. The molecule has 0 saturated carbocycles. The van der Waals surface area contributed by atoms with Crippen molar-refractivity contribution in [1.82, 2.24) is 0 Å². The van der Waals surface area contributed by atoms with Crippen LogP contribution in [0.1, 0.15) is 30.0 Å². The molecule has 0 amide bonds. The Labute approximate surface area is 66.4 Å². The van der Waals surface area contributed by atoms with Crippen molar-refractivity contribution in [2.45, 2.75) is 26.3 Å². The minimum atomic E-state index is 0.197. The summed E-state index contributed by atoms with van der Waals surface area (Å²) in [6.45, 7) is 4.13. The van der Waals surface area contributed by atoms with Crippen molar-refractivity contribution in [3.63, 3.8) is 0 Å². The van der Waals surface area contributed by atoms with Crippen LogP contribution >= 0.6 is 0 Å². The summed E-state index contributed by atoms with van der Waals surface area (Å²) in [6.07, 6.45) is 1.00. The second-order valence-electron chi connectivity index (χ2n) is 3.44. The molecule has 0 aromatic carbocycles. The fourth-order valence-electron chi connectivity index (χ4n) is 1.75. The van der Waals surface area contributed by atoms with Gasteiger partial charge in [-0.15, -0.1) is 0 Å². The molecule has 2 unspecified atom stereocenters. The summed E-state index contributed by atoms with van der Waals surface area (Å²) in [6, 6.07) is 2.26. The Kier molecular flexibility index (Phi) is 1.33. The average Bonchev–Trinajstić information content (AvgIpc) is 2.37. The van der Waals surface area contributed by atoms with E-state index in [-0.39, 0.29) is 6.04 Å². The molecule has 1 aromatic heterocycles. The van der Waals surface area contributed by atoms with Crippen LogP contribution in [0.25, 0.3) is 0 Å². The first kappa shape index (κ1) is 6.92. The molecule has 1 aliphatic rings. The quantitative estimate of drug-likeness (QED) is 0.613. The summed E-state index contributed by atoms with van der Waals surface area (Å²) in [5, 5.41) is 0. The van der Waals surface area contributed by atoms with Gasteiger partial charge in [0.1, 0.15) is 11.5 Å². The molecule has 0 aliphatic heterocycles. The Bertz CT molecular complexity index is 277. The highest BCUT2D eigenvalue weighted by Gasteiger charge is 2.29. The van der Waals surface area contributed by atoms with Gasteiger partial charge in [0.05, 0.1) is 0 Å². The highest BCUT2D eigenvalue weighted by atomic mass is 16.3. The molecule has 11 heavy (non-hydrogen) atoms. The molecule has 2 atom stereocenters. The van der Waals surface area contributed by atoms with E-state index in [0.29, 0.717) is 5.92 Å². The third-order valence-electron chi connectivity index (χ3n) is 2.44. The van der Waals surface area contributed by atoms with E-state index in [1.807, 2.05) is 6.92 Å². The van der Waals surface area contributed by atoms with Gasteiger partial charge in [0.2, 0.25) is 0 Å². The Hall–Kier alpha value is -0.760. The Balaban J connectivity index is 2.44. The summed E-state index contributed by atoms with van der Waals surface area (Å²) in [5.74, 6) is 2.63. The van der Waals surface area contributed by atoms with E-state index in [1.165, 1.54) is 5.56 Å². The third-order valence-corrected chi connectivity index (χ3v) is 2.44. The second kappa shape index (κ2) is 2.11. The lowest BCUT2D eigenvalue weighted by molar-refractivity contribution is 0.447. The molecule has 0 bridgehead atoms. The third kappa shape index (κ3) is 0.897. The Morgan fingerprint density at radius 2 is 2.36 bits per heavy atom. The zero-order valence-electron chi connectivity index (χ0n) is 6.92. The van der Waals surface area contributed by atoms with Crippen LogP contribution in [0.2, 0.25) is 0 Å². The summed E-state index contributed by atoms with van der Waals surface area (Å²) >= 11 is 0. The summed E-state index contributed by atoms with van der Waals surface area (Å²) < 4.78 is 5.49. The fourth-order valence-corrected chi connectivity index (χ4v) is 1.75. The second-order valence-corrected chi connectivity index (χ2v) is 3.44. The van der Waals surface area contributed by atoms with Crippen LogP contribution in [0.4, 0.5) is 0 Å². The molecule has 1 aliphatic carbocycles. The summed E-state index contributed by atoms with van der Waals surface area (Å²) in [4.78, 5) is 0. The topological polar surface area (TPSA) is 39.2 Å². The van der Waals surface area contributed by atoms with E-state index in [9.17, 15) is 0 Å². The largest absolute Gasteiger partial charge is 0.466 e. The number of rotatable bonds is 0. The number of nitrogens with two attached hydrogens (primary N) is 1. The number of hydrogen-bond donors (Lipinski definition) is 1. The van der Waals surface area contributed by atoms with Crippen LogP contribution in [-0.2, 0) is 6.42 Å². The molecular weight excluding hydrogens is 138 g/mol. The lowest BCUT2D eigenvalue weighted by Gasteiger charge is -2.07. The fraction of sp³-hybridized carbons (Fsp3) is 0.556. The SMILES string of the molecule is Cc1cc2c(o1)CC(C)C2N. The van der Waals surface area contributed by atoms with Crippen molar-refractivity contribution in [2.75, 3.05) is 0 Å². The van der Waals surface area contributed by atoms with Crippen molar-refractivity contribution in [3.8, 4) is 0 Å². The average molecular weight is 151 g/mol. The van der Waals surface area contributed by atoms with E-state index < -0.39 is 0 Å². The van der Waals surface area contributed by atoms with Crippen molar-refractivity contribution in [1.29, 1.82) is 0 Å². The van der Waals surface area contributed by atoms with Gasteiger partial charge in [0.25, 0.3) is 0 Å². The van der Waals surface area contributed by atoms with Crippen LogP contribution in [0.3, 0.4) is 0 Å².